The second-order valence-electron chi connectivity index (χ2n) is 2.66. The van der Waals surface area contributed by atoms with Crippen molar-refractivity contribution in [2.24, 2.45) is 0 Å². The summed E-state index contributed by atoms with van der Waals surface area (Å²) < 4.78 is 0.315. The van der Waals surface area contributed by atoms with Crippen LogP contribution in [-0.4, -0.2) is 38.0 Å². The van der Waals surface area contributed by atoms with E-state index in [-0.39, 0.29) is 27.3 Å². The van der Waals surface area contributed by atoms with E-state index in [1.165, 1.54) is 0 Å². The fourth-order valence-corrected chi connectivity index (χ4v) is 2.33. The summed E-state index contributed by atoms with van der Waals surface area (Å²) in [6, 6.07) is 0. The Labute approximate surface area is 77.0 Å². The second-order valence-corrected chi connectivity index (χ2v) is 4.66. The fraction of sp³-hybridized carbons (Fsp3) is 0.857. The van der Waals surface area contributed by atoms with Gasteiger partial charge in [-0.3, -0.25) is 0 Å². The Bertz CT molecular complexity index is 143. The van der Waals surface area contributed by atoms with Gasteiger partial charge < -0.3 is 0 Å². The molecule has 0 aromatic heterocycles. The average Bonchev–Trinajstić information content (AvgIpc) is 2.05. The first-order valence-electron chi connectivity index (χ1n) is 3.70. The number of nitrogens with zero attached hydrogens (tertiary/aromatic N) is 1. The fourth-order valence-electron chi connectivity index (χ4n) is 1.16. The number of piperidine rings is 1. The molecule has 0 saturated carbocycles. The molecule has 66 valence electrons. The van der Waals surface area contributed by atoms with Gasteiger partial charge in [-0.15, -0.1) is 0 Å². The van der Waals surface area contributed by atoms with Crippen molar-refractivity contribution in [2.45, 2.75) is 18.9 Å². The quantitative estimate of drug-likeness (QED) is 0.243. The van der Waals surface area contributed by atoms with Crippen LogP contribution in [0.3, 0.4) is 0 Å². The van der Waals surface area contributed by atoms with Gasteiger partial charge in [-0.1, -0.05) is 0 Å². The monoisotopic (exact) mass is 270 g/mol. The van der Waals surface area contributed by atoms with Crippen LogP contribution in [-0.2, 0) is 0 Å². The first-order valence-corrected chi connectivity index (χ1v) is 6.94. The Morgan fingerprint density at radius 3 is 2.55 bits per heavy atom. The first-order chi connectivity index (χ1) is 5.24. The van der Waals surface area contributed by atoms with Crippen molar-refractivity contribution in [3.05, 3.63) is 0 Å². The molecule has 1 saturated heterocycles. The summed E-state index contributed by atoms with van der Waals surface area (Å²) in [5.41, 5.74) is 0. The number of hydrogen-bond donors (Lipinski definition) is 1. The average molecular weight is 270 g/mol. The minimum absolute atomic E-state index is 0.172. The molecule has 0 radical (unpaired) electrons. The van der Waals surface area contributed by atoms with Gasteiger partial charge in [-0.25, -0.2) is 0 Å². The van der Waals surface area contributed by atoms with Gasteiger partial charge in [-0.2, -0.15) is 0 Å². The summed E-state index contributed by atoms with van der Waals surface area (Å²) in [5, 5.41) is 9.15. The van der Waals surface area contributed by atoms with E-state index in [0.29, 0.717) is 3.91 Å². The summed E-state index contributed by atoms with van der Waals surface area (Å²) >= 11 is -0.290. The van der Waals surface area contributed by atoms with Crippen LogP contribution in [0.4, 0.5) is 4.79 Å². The van der Waals surface area contributed by atoms with Gasteiger partial charge >= 0.3 is 76.9 Å². The molecule has 0 unspecified atom stereocenters. The van der Waals surface area contributed by atoms with Crippen molar-refractivity contribution < 1.29 is 31.1 Å². The minimum atomic E-state index is -0.290. The summed E-state index contributed by atoms with van der Waals surface area (Å²) in [4.78, 5) is 15.0. The standard InChI is InChI=1S/C7H13INO2/c1-8-7(11)9-4-2-6(10)3-5-9/h6,10H,2-5H2,1H3/q-1. The maximum absolute atomic E-state index is 11.2. The molecule has 0 aromatic rings. The predicted molar refractivity (Wildman–Crippen MR) is 38.1 cm³/mol. The molecule has 11 heavy (non-hydrogen) atoms. The molecule has 0 aromatic carbocycles. The van der Waals surface area contributed by atoms with Gasteiger partial charge in [0.05, 0.1) is 0 Å². The van der Waals surface area contributed by atoms with Crippen LogP contribution < -0.4 is 21.2 Å². The van der Waals surface area contributed by atoms with Crippen LogP contribution in [0.2, 0.25) is 0 Å². The van der Waals surface area contributed by atoms with Gasteiger partial charge in [-0.05, 0) is 0 Å². The number of alkyl halides is 1. The molecule has 3 nitrogen and oxygen atoms in total. The molecule has 1 amide bonds. The molecule has 0 aliphatic carbocycles. The van der Waals surface area contributed by atoms with Crippen LogP contribution in [0.5, 0.6) is 0 Å². The van der Waals surface area contributed by atoms with E-state index in [4.69, 9.17) is 5.11 Å². The molecule has 1 heterocycles. The van der Waals surface area contributed by atoms with Crippen molar-refractivity contribution in [3.63, 3.8) is 0 Å². The summed E-state index contributed by atoms with van der Waals surface area (Å²) in [5.74, 6) is 0. The number of amides is 1. The molecular weight excluding hydrogens is 257 g/mol. The zero-order valence-corrected chi connectivity index (χ0v) is 8.74. The van der Waals surface area contributed by atoms with Crippen molar-refractivity contribution in [1.82, 2.24) is 4.90 Å². The molecule has 0 bridgehead atoms. The number of rotatable bonds is 1. The van der Waals surface area contributed by atoms with Gasteiger partial charge in [0, 0.05) is 0 Å². The van der Waals surface area contributed by atoms with Gasteiger partial charge in [0.25, 0.3) is 0 Å². The SMILES string of the molecule is C[I-]C(=O)N1CCC(O)CC1. The van der Waals surface area contributed by atoms with Crippen molar-refractivity contribution in [3.8, 4) is 0 Å². The molecular formula is C7H13INO2-. The van der Waals surface area contributed by atoms with Crippen molar-refractivity contribution in [1.29, 1.82) is 0 Å². The number of halogens is 1. The topological polar surface area (TPSA) is 40.5 Å². The third kappa shape index (κ3) is 2.59. The number of hydrogen-bond acceptors (Lipinski definition) is 2. The van der Waals surface area contributed by atoms with Crippen LogP contribution in [0.25, 0.3) is 0 Å². The molecule has 1 aliphatic rings. The van der Waals surface area contributed by atoms with Gasteiger partial charge in [0.15, 0.2) is 0 Å². The molecule has 1 aliphatic heterocycles. The van der Waals surface area contributed by atoms with E-state index in [1.54, 1.807) is 0 Å². The third-order valence-corrected chi connectivity index (χ3v) is 3.48. The van der Waals surface area contributed by atoms with Crippen LogP contribution in [0.1, 0.15) is 12.8 Å². The molecule has 4 heteroatoms. The Kier molecular flexibility index (Phi) is 3.58. The number of aliphatic hydroxyl groups excluding tert-OH is 1. The van der Waals surface area contributed by atoms with Gasteiger partial charge in [0.1, 0.15) is 0 Å². The Balaban J connectivity index is 2.33. The first kappa shape index (κ1) is 9.25. The van der Waals surface area contributed by atoms with E-state index in [2.05, 4.69) is 0 Å². The van der Waals surface area contributed by atoms with Crippen LogP contribution in [0, 0.1) is 0 Å². The Morgan fingerprint density at radius 2 is 2.09 bits per heavy atom. The molecule has 0 spiro atoms. The zero-order chi connectivity index (χ0) is 8.27. The van der Waals surface area contributed by atoms with E-state index in [9.17, 15) is 4.79 Å². The zero-order valence-electron chi connectivity index (χ0n) is 6.59. The predicted octanol–water partition coefficient (Wildman–Crippen LogP) is -2.72. The maximum atomic E-state index is 11.2. The molecule has 0 atom stereocenters. The van der Waals surface area contributed by atoms with E-state index >= 15 is 0 Å². The summed E-state index contributed by atoms with van der Waals surface area (Å²) in [6.45, 7) is 1.52. The number of carbonyl (C=O) groups excluding carboxylic acids is 1. The molecule has 1 N–H and O–H groups in total. The number of likely N-dealkylation sites (tertiary alicyclic amines) is 1. The Hall–Kier alpha value is 0.160. The third-order valence-electron chi connectivity index (χ3n) is 1.87. The van der Waals surface area contributed by atoms with Gasteiger partial charge in [0.2, 0.25) is 0 Å². The van der Waals surface area contributed by atoms with E-state index in [0.717, 1.165) is 25.9 Å². The molecule has 1 fully saturated rings. The van der Waals surface area contributed by atoms with E-state index < -0.39 is 0 Å². The van der Waals surface area contributed by atoms with Crippen LogP contribution in [0.15, 0.2) is 0 Å². The number of aliphatic hydroxyl groups is 1. The normalized spacial score (nSPS) is 20.7. The summed E-state index contributed by atoms with van der Waals surface area (Å²) in [6.07, 6.45) is 1.35. The van der Waals surface area contributed by atoms with Crippen LogP contribution >= 0.6 is 0 Å². The summed E-state index contributed by atoms with van der Waals surface area (Å²) in [7, 11) is 0. The molecule has 1 rings (SSSR count). The van der Waals surface area contributed by atoms with Crippen molar-refractivity contribution >= 4 is 3.91 Å². The van der Waals surface area contributed by atoms with Crippen molar-refractivity contribution in [2.75, 3.05) is 18.0 Å². The van der Waals surface area contributed by atoms with E-state index in [1.807, 2.05) is 9.83 Å². The number of carbonyl (C=O) groups is 1. The second kappa shape index (κ2) is 4.25. The Morgan fingerprint density at radius 1 is 1.55 bits per heavy atom.